The van der Waals surface area contributed by atoms with E-state index < -0.39 is 5.97 Å². The van der Waals surface area contributed by atoms with Crippen LogP contribution < -0.4 is 0 Å². The van der Waals surface area contributed by atoms with Gasteiger partial charge in [-0.2, -0.15) is 5.26 Å². The van der Waals surface area contributed by atoms with Crippen LogP contribution in [0.2, 0.25) is 0 Å². The number of fused-ring (bicyclic) bond motifs is 1. The molecule has 114 valence electrons. The van der Waals surface area contributed by atoms with Crippen LogP contribution in [0.15, 0.2) is 0 Å². The van der Waals surface area contributed by atoms with Gasteiger partial charge in [-0.3, -0.25) is 0 Å². The van der Waals surface area contributed by atoms with Crippen LogP contribution in [0.4, 0.5) is 0 Å². The SMILES string of the molecule is CC1CCC(CC2(C)CC3OC3CC2C(=O)OO)CC1. The van der Waals surface area contributed by atoms with E-state index >= 15 is 0 Å². The van der Waals surface area contributed by atoms with Crippen LogP contribution in [0.3, 0.4) is 0 Å². The van der Waals surface area contributed by atoms with Gasteiger partial charge in [-0.25, -0.2) is 4.79 Å². The van der Waals surface area contributed by atoms with Crippen molar-refractivity contribution in [2.24, 2.45) is 23.2 Å². The van der Waals surface area contributed by atoms with Crippen LogP contribution in [0.25, 0.3) is 0 Å². The van der Waals surface area contributed by atoms with Crippen molar-refractivity contribution in [3.05, 3.63) is 0 Å². The molecule has 0 amide bonds. The van der Waals surface area contributed by atoms with Gasteiger partial charge in [-0.15, -0.1) is 0 Å². The molecule has 0 aromatic heterocycles. The van der Waals surface area contributed by atoms with E-state index in [2.05, 4.69) is 18.7 Å². The number of carbonyl (C=O) groups excluding carboxylic acids is 1. The fraction of sp³-hybridized carbons (Fsp3) is 0.938. The van der Waals surface area contributed by atoms with Crippen molar-refractivity contribution < 1.29 is 19.7 Å². The molecule has 2 aliphatic carbocycles. The van der Waals surface area contributed by atoms with Gasteiger partial charge in [0.1, 0.15) is 0 Å². The minimum absolute atomic E-state index is 0.0806. The average molecular weight is 282 g/mol. The quantitative estimate of drug-likeness (QED) is 0.489. The normalized spacial score (nSPS) is 47.5. The highest BCUT2D eigenvalue weighted by atomic mass is 17.1. The number of rotatable bonds is 3. The second kappa shape index (κ2) is 5.30. The largest absolute Gasteiger partial charge is 0.370 e. The van der Waals surface area contributed by atoms with Gasteiger partial charge in [-0.1, -0.05) is 39.5 Å². The van der Waals surface area contributed by atoms with Gasteiger partial charge < -0.3 is 9.62 Å². The predicted octanol–water partition coefficient (Wildman–Crippen LogP) is 3.40. The van der Waals surface area contributed by atoms with Crippen molar-refractivity contribution in [3.8, 4) is 0 Å². The molecule has 1 N–H and O–H groups in total. The lowest BCUT2D eigenvalue weighted by atomic mass is 9.62. The first-order valence-corrected chi connectivity index (χ1v) is 8.02. The first-order chi connectivity index (χ1) is 9.51. The molecular weight excluding hydrogens is 256 g/mol. The van der Waals surface area contributed by atoms with E-state index in [4.69, 9.17) is 9.99 Å². The third-order valence-corrected chi connectivity index (χ3v) is 5.93. The molecule has 2 saturated carbocycles. The Labute approximate surface area is 120 Å². The van der Waals surface area contributed by atoms with Crippen molar-refractivity contribution >= 4 is 5.97 Å². The molecule has 0 aromatic carbocycles. The Bertz CT molecular complexity index is 375. The average Bonchev–Trinajstić information content (AvgIpc) is 3.17. The summed E-state index contributed by atoms with van der Waals surface area (Å²) in [5.74, 6) is 0.876. The molecule has 4 atom stereocenters. The number of hydrogen-bond donors (Lipinski definition) is 1. The lowest BCUT2D eigenvalue weighted by molar-refractivity contribution is -0.244. The minimum Gasteiger partial charge on any atom is -0.370 e. The summed E-state index contributed by atoms with van der Waals surface area (Å²) in [6.45, 7) is 4.51. The zero-order valence-corrected chi connectivity index (χ0v) is 12.5. The summed E-state index contributed by atoms with van der Waals surface area (Å²) in [6.07, 6.45) is 8.42. The fourth-order valence-corrected chi connectivity index (χ4v) is 4.55. The van der Waals surface area contributed by atoms with Crippen LogP contribution in [0, 0.1) is 23.2 Å². The number of carbonyl (C=O) groups is 1. The number of ether oxygens (including phenoxy) is 1. The van der Waals surface area contributed by atoms with Crippen molar-refractivity contribution in [2.75, 3.05) is 0 Å². The molecule has 3 fully saturated rings. The molecule has 0 bridgehead atoms. The molecule has 0 spiro atoms. The second-order valence-electron chi connectivity index (χ2n) is 7.60. The monoisotopic (exact) mass is 282 g/mol. The third kappa shape index (κ3) is 2.73. The van der Waals surface area contributed by atoms with Crippen molar-refractivity contribution in [1.82, 2.24) is 0 Å². The first kappa shape index (κ1) is 14.3. The van der Waals surface area contributed by atoms with Crippen LogP contribution in [0.1, 0.15) is 58.8 Å². The highest BCUT2D eigenvalue weighted by Gasteiger charge is 2.56. The summed E-state index contributed by atoms with van der Waals surface area (Å²) in [4.78, 5) is 16.0. The Morgan fingerprint density at radius 3 is 2.65 bits per heavy atom. The lowest BCUT2D eigenvalue weighted by Gasteiger charge is -2.41. The van der Waals surface area contributed by atoms with E-state index in [0.717, 1.165) is 18.8 Å². The summed E-state index contributed by atoms with van der Waals surface area (Å²) >= 11 is 0. The summed E-state index contributed by atoms with van der Waals surface area (Å²) in [7, 11) is 0. The van der Waals surface area contributed by atoms with E-state index in [0.29, 0.717) is 18.4 Å². The summed E-state index contributed by atoms with van der Waals surface area (Å²) < 4.78 is 5.61. The van der Waals surface area contributed by atoms with Gasteiger partial charge >= 0.3 is 5.97 Å². The molecule has 0 radical (unpaired) electrons. The maximum atomic E-state index is 11.9. The zero-order valence-electron chi connectivity index (χ0n) is 12.5. The van der Waals surface area contributed by atoms with Crippen LogP contribution in [0.5, 0.6) is 0 Å². The summed E-state index contributed by atoms with van der Waals surface area (Å²) in [5, 5.41) is 8.77. The third-order valence-electron chi connectivity index (χ3n) is 5.93. The lowest BCUT2D eigenvalue weighted by Crippen LogP contribution is -2.41. The predicted molar refractivity (Wildman–Crippen MR) is 74.0 cm³/mol. The van der Waals surface area contributed by atoms with Gasteiger partial charge in [0.25, 0.3) is 0 Å². The smallest absolute Gasteiger partial charge is 0.345 e. The highest BCUT2D eigenvalue weighted by Crippen LogP contribution is 2.54. The standard InChI is InChI=1S/C16H26O4/c1-10-3-5-11(6-4-10)8-16(2)9-14-13(19-14)7-12(16)15(17)20-18/h10-14,18H,3-9H2,1-2H3. The van der Waals surface area contributed by atoms with Gasteiger partial charge in [0, 0.05) is 0 Å². The Balaban J connectivity index is 1.68. The van der Waals surface area contributed by atoms with E-state index in [1.807, 2.05) is 0 Å². The Kier molecular flexibility index (Phi) is 3.80. The van der Waals surface area contributed by atoms with Crippen LogP contribution in [-0.4, -0.2) is 23.4 Å². The molecule has 0 aromatic rings. The molecule has 1 heterocycles. The second-order valence-corrected chi connectivity index (χ2v) is 7.60. The number of hydrogen-bond acceptors (Lipinski definition) is 4. The molecular formula is C16H26O4. The molecule has 3 aliphatic rings. The molecule has 1 aliphatic heterocycles. The molecule has 20 heavy (non-hydrogen) atoms. The fourth-order valence-electron chi connectivity index (χ4n) is 4.55. The Hall–Kier alpha value is -0.610. The Morgan fingerprint density at radius 1 is 1.30 bits per heavy atom. The Morgan fingerprint density at radius 2 is 2.00 bits per heavy atom. The zero-order chi connectivity index (χ0) is 14.3. The van der Waals surface area contributed by atoms with E-state index in [-0.39, 0.29) is 17.4 Å². The van der Waals surface area contributed by atoms with Gasteiger partial charge in [-0.05, 0) is 36.5 Å². The van der Waals surface area contributed by atoms with Gasteiger partial charge in [0.05, 0.1) is 18.1 Å². The molecule has 1 saturated heterocycles. The number of epoxide rings is 1. The van der Waals surface area contributed by atoms with Crippen molar-refractivity contribution in [2.45, 2.75) is 71.0 Å². The van der Waals surface area contributed by atoms with E-state index in [9.17, 15) is 4.79 Å². The highest BCUT2D eigenvalue weighted by molar-refractivity contribution is 5.73. The van der Waals surface area contributed by atoms with Gasteiger partial charge in [0.15, 0.2) is 0 Å². The molecule has 3 rings (SSSR count). The summed E-state index contributed by atoms with van der Waals surface area (Å²) in [6, 6.07) is 0. The topological polar surface area (TPSA) is 59.1 Å². The molecule has 4 unspecified atom stereocenters. The van der Waals surface area contributed by atoms with Gasteiger partial charge in [0.2, 0.25) is 0 Å². The van der Waals surface area contributed by atoms with E-state index in [1.165, 1.54) is 25.7 Å². The van der Waals surface area contributed by atoms with Crippen molar-refractivity contribution in [1.29, 1.82) is 0 Å². The molecule has 4 heteroatoms. The first-order valence-electron chi connectivity index (χ1n) is 8.02. The van der Waals surface area contributed by atoms with E-state index in [1.54, 1.807) is 0 Å². The van der Waals surface area contributed by atoms with Crippen LogP contribution >= 0.6 is 0 Å². The van der Waals surface area contributed by atoms with Crippen LogP contribution in [-0.2, 0) is 14.4 Å². The molecule has 4 nitrogen and oxygen atoms in total. The maximum Gasteiger partial charge on any atom is 0.345 e. The maximum absolute atomic E-state index is 11.9. The summed E-state index contributed by atoms with van der Waals surface area (Å²) in [5.41, 5.74) is -0.0806. The van der Waals surface area contributed by atoms with Crippen molar-refractivity contribution in [3.63, 3.8) is 0 Å². The minimum atomic E-state index is -0.467.